The molecule has 0 bridgehead atoms. The molecule has 68 valence electrons. The quantitative estimate of drug-likeness (QED) is 0.673. The molecule has 0 saturated heterocycles. The van der Waals surface area contributed by atoms with Gasteiger partial charge in [0.1, 0.15) is 6.26 Å². The lowest BCUT2D eigenvalue weighted by atomic mass is 10.6. The Balaban J connectivity index is 2.62. The van der Waals surface area contributed by atoms with E-state index in [1.54, 1.807) is 0 Å². The SMILES string of the molecule is FC(F)C(F)(F)Oc1ccoc1. The Hall–Kier alpha value is -1.20. The Bertz CT molecular complexity index is 232. The maximum Gasteiger partial charge on any atom is 0.461 e. The van der Waals surface area contributed by atoms with Gasteiger partial charge < -0.3 is 9.15 Å². The normalized spacial score (nSPS) is 12.1. The van der Waals surface area contributed by atoms with Crippen LogP contribution in [-0.4, -0.2) is 12.5 Å². The second-order valence-corrected chi connectivity index (χ2v) is 1.92. The van der Waals surface area contributed by atoms with Gasteiger partial charge in [0, 0.05) is 6.07 Å². The highest BCUT2D eigenvalue weighted by Gasteiger charge is 2.44. The minimum Gasteiger partial charge on any atom is -0.469 e. The van der Waals surface area contributed by atoms with E-state index in [2.05, 4.69) is 9.15 Å². The van der Waals surface area contributed by atoms with Gasteiger partial charge in [-0.15, -0.1) is 0 Å². The maximum atomic E-state index is 12.1. The summed E-state index contributed by atoms with van der Waals surface area (Å²) >= 11 is 0. The summed E-state index contributed by atoms with van der Waals surface area (Å²) in [5.74, 6) is -0.430. The number of ether oxygens (including phenoxy) is 1. The highest BCUT2D eigenvalue weighted by molar-refractivity contribution is 5.13. The van der Waals surface area contributed by atoms with E-state index in [-0.39, 0.29) is 0 Å². The molecule has 6 heteroatoms. The number of halogens is 4. The molecule has 0 aliphatic carbocycles. The van der Waals surface area contributed by atoms with Gasteiger partial charge in [0.2, 0.25) is 0 Å². The van der Waals surface area contributed by atoms with E-state index < -0.39 is 18.3 Å². The van der Waals surface area contributed by atoms with E-state index in [1.807, 2.05) is 0 Å². The topological polar surface area (TPSA) is 22.4 Å². The first kappa shape index (κ1) is 8.89. The van der Waals surface area contributed by atoms with Gasteiger partial charge in [-0.25, -0.2) is 0 Å². The fraction of sp³-hybridized carbons (Fsp3) is 0.333. The van der Waals surface area contributed by atoms with Crippen LogP contribution in [0.2, 0.25) is 0 Å². The first-order chi connectivity index (χ1) is 5.52. The molecule has 2 nitrogen and oxygen atoms in total. The van der Waals surface area contributed by atoms with E-state index in [0.717, 1.165) is 18.6 Å². The molecule has 0 unspecified atom stereocenters. The molecule has 0 aliphatic heterocycles. The minimum absolute atomic E-state index is 0.430. The Kier molecular flexibility index (Phi) is 2.25. The average Bonchev–Trinajstić information content (AvgIpc) is 2.38. The van der Waals surface area contributed by atoms with Crippen LogP contribution in [0.5, 0.6) is 5.75 Å². The number of alkyl halides is 4. The predicted molar refractivity (Wildman–Crippen MR) is 30.3 cm³/mol. The van der Waals surface area contributed by atoms with E-state index in [1.165, 1.54) is 0 Å². The Morgan fingerprint density at radius 1 is 1.42 bits per heavy atom. The Morgan fingerprint density at radius 3 is 2.50 bits per heavy atom. The molecule has 0 fully saturated rings. The van der Waals surface area contributed by atoms with Crippen molar-refractivity contribution in [2.24, 2.45) is 0 Å². The zero-order valence-electron chi connectivity index (χ0n) is 5.64. The summed E-state index contributed by atoms with van der Waals surface area (Å²) in [6, 6.07) is 1.01. The number of rotatable bonds is 3. The van der Waals surface area contributed by atoms with Gasteiger partial charge in [0.25, 0.3) is 0 Å². The molecule has 1 aromatic rings. The first-order valence-corrected chi connectivity index (χ1v) is 2.89. The average molecular weight is 184 g/mol. The van der Waals surface area contributed by atoms with Crippen LogP contribution in [0.25, 0.3) is 0 Å². The van der Waals surface area contributed by atoms with Crippen LogP contribution in [0.3, 0.4) is 0 Å². The molecular formula is C6H4F4O2. The zero-order valence-corrected chi connectivity index (χ0v) is 5.64. The van der Waals surface area contributed by atoms with Gasteiger partial charge in [-0.3, -0.25) is 0 Å². The van der Waals surface area contributed by atoms with Crippen molar-refractivity contribution in [1.82, 2.24) is 0 Å². The first-order valence-electron chi connectivity index (χ1n) is 2.89. The molecular weight excluding hydrogens is 180 g/mol. The van der Waals surface area contributed by atoms with Crippen molar-refractivity contribution in [1.29, 1.82) is 0 Å². The number of hydrogen-bond donors (Lipinski definition) is 0. The molecule has 12 heavy (non-hydrogen) atoms. The van der Waals surface area contributed by atoms with E-state index in [0.29, 0.717) is 0 Å². The van der Waals surface area contributed by atoms with E-state index in [9.17, 15) is 17.6 Å². The summed E-state index contributed by atoms with van der Waals surface area (Å²) in [7, 11) is 0. The van der Waals surface area contributed by atoms with Crippen molar-refractivity contribution in [3.63, 3.8) is 0 Å². The fourth-order valence-corrected chi connectivity index (χ4v) is 0.512. The third-order valence-electron chi connectivity index (χ3n) is 1.00. The van der Waals surface area contributed by atoms with Crippen molar-refractivity contribution in [3.8, 4) is 5.75 Å². The van der Waals surface area contributed by atoms with Crippen LogP contribution in [0.1, 0.15) is 0 Å². The summed E-state index contributed by atoms with van der Waals surface area (Å²) in [5, 5.41) is 0. The van der Waals surface area contributed by atoms with Crippen LogP contribution >= 0.6 is 0 Å². The van der Waals surface area contributed by atoms with Crippen LogP contribution in [0.15, 0.2) is 23.0 Å². The molecule has 0 spiro atoms. The molecule has 0 atom stereocenters. The largest absolute Gasteiger partial charge is 0.469 e. The second kappa shape index (κ2) is 3.04. The summed E-state index contributed by atoms with van der Waals surface area (Å²) in [5.41, 5.74) is 0. The van der Waals surface area contributed by atoms with E-state index >= 15 is 0 Å². The molecule has 0 aliphatic rings. The van der Waals surface area contributed by atoms with E-state index in [4.69, 9.17) is 0 Å². The molecule has 1 heterocycles. The van der Waals surface area contributed by atoms with Crippen molar-refractivity contribution >= 4 is 0 Å². The molecule has 0 radical (unpaired) electrons. The highest BCUT2D eigenvalue weighted by Crippen LogP contribution is 2.27. The molecule has 1 rings (SSSR count). The predicted octanol–water partition coefficient (Wildman–Crippen LogP) is 2.52. The van der Waals surface area contributed by atoms with Crippen molar-refractivity contribution < 1.29 is 26.7 Å². The molecule has 1 aromatic heterocycles. The monoisotopic (exact) mass is 184 g/mol. The van der Waals surface area contributed by atoms with Crippen LogP contribution < -0.4 is 4.74 Å². The molecule has 0 amide bonds. The van der Waals surface area contributed by atoms with Gasteiger partial charge in [-0.1, -0.05) is 0 Å². The maximum absolute atomic E-state index is 12.1. The standard InChI is InChI=1S/C6H4F4O2/c7-5(8)6(9,10)12-4-1-2-11-3-4/h1-3,5H. The lowest BCUT2D eigenvalue weighted by molar-refractivity contribution is -0.253. The van der Waals surface area contributed by atoms with Crippen LogP contribution in [0.4, 0.5) is 17.6 Å². The Labute approximate surface area is 64.7 Å². The molecule has 0 N–H and O–H groups in total. The van der Waals surface area contributed by atoms with Crippen LogP contribution in [0, 0.1) is 0 Å². The lowest BCUT2D eigenvalue weighted by Crippen LogP contribution is -2.33. The van der Waals surface area contributed by atoms with Crippen molar-refractivity contribution in [2.45, 2.75) is 12.5 Å². The molecule has 0 saturated carbocycles. The summed E-state index contributed by atoms with van der Waals surface area (Å²) in [6.07, 6.45) is -6.48. The minimum atomic E-state index is -4.47. The Morgan fingerprint density at radius 2 is 2.08 bits per heavy atom. The third kappa shape index (κ3) is 1.90. The smallest absolute Gasteiger partial charge is 0.461 e. The summed E-state index contributed by atoms with van der Waals surface area (Å²) in [6.45, 7) is 0. The van der Waals surface area contributed by atoms with Gasteiger partial charge in [-0.05, 0) is 0 Å². The number of furan rings is 1. The highest BCUT2D eigenvalue weighted by atomic mass is 19.3. The van der Waals surface area contributed by atoms with Crippen molar-refractivity contribution in [3.05, 3.63) is 18.6 Å². The number of hydrogen-bond acceptors (Lipinski definition) is 2. The molecule has 0 aromatic carbocycles. The zero-order chi connectivity index (χ0) is 9.19. The lowest BCUT2D eigenvalue weighted by Gasteiger charge is -2.14. The fourth-order valence-electron chi connectivity index (χ4n) is 0.512. The van der Waals surface area contributed by atoms with Crippen LogP contribution in [-0.2, 0) is 0 Å². The summed E-state index contributed by atoms with van der Waals surface area (Å²) < 4.78 is 55.2. The van der Waals surface area contributed by atoms with Gasteiger partial charge in [0.15, 0.2) is 5.75 Å². The second-order valence-electron chi connectivity index (χ2n) is 1.92. The van der Waals surface area contributed by atoms with Crippen molar-refractivity contribution in [2.75, 3.05) is 0 Å². The van der Waals surface area contributed by atoms with Gasteiger partial charge in [-0.2, -0.15) is 17.6 Å². The van der Waals surface area contributed by atoms with Gasteiger partial charge >= 0.3 is 12.5 Å². The summed E-state index contributed by atoms with van der Waals surface area (Å²) in [4.78, 5) is 0. The van der Waals surface area contributed by atoms with Gasteiger partial charge in [0.05, 0.1) is 6.26 Å². The third-order valence-corrected chi connectivity index (χ3v) is 1.00.